The Kier molecular flexibility index (Phi) is 3.78. The van der Waals surface area contributed by atoms with E-state index in [9.17, 15) is 17.6 Å². The zero-order valence-electron chi connectivity index (χ0n) is 10.9. The smallest absolute Gasteiger partial charge is 0.264 e. The second kappa shape index (κ2) is 5.21. The number of carbonyl (C=O) groups is 1. The molecule has 1 aliphatic carbocycles. The number of hydrogen-bond donors (Lipinski definition) is 0. The second-order valence-electron chi connectivity index (χ2n) is 5.49. The minimum Gasteiger partial charge on any atom is -0.335 e. The summed E-state index contributed by atoms with van der Waals surface area (Å²) in [6.45, 7) is 0.610. The number of likely N-dealkylation sites (tertiary alicyclic amines) is 1. The highest BCUT2D eigenvalue weighted by molar-refractivity contribution is 9.10. The molecule has 1 aromatic rings. The van der Waals surface area contributed by atoms with Crippen LogP contribution in [-0.2, 0) is 9.05 Å². The third-order valence-corrected chi connectivity index (χ3v) is 5.95. The van der Waals surface area contributed by atoms with Gasteiger partial charge in [0.1, 0.15) is 4.90 Å². The maximum absolute atomic E-state index is 14.4. The fourth-order valence-corrected chi connectivity index (χ4v) is 4.76. The molecule has 0 spiro atoms. The molecule has 2 fully saturated rings. The molecule has 0 N–H and O–H groups in total. The lowest BCUT2D eigenvalue weighted by molar-refractivity contribution is 0.0698. The SMILES string of the molecule is O=C(c1cc(Br)cc(S(=O)(=O)Cl)c1F)N1CC2CCC1C2. The van der Waals surface area contributed by atoms with Gasteiger partial charge < -0.3 is 4.90 Å². The van der Waals surface area contributed by atoms with Crippen LogP contribution in [0.2, 0.25) is 0 Å². The predicted molar refractivity (Wildman–Crippen MR) is 79.3 cm³/mol. The molecule has 1 saturated heterocycles. The number of amides is 1. The Labute approximate surface area is 134 Å². The summed E-state index contributed by atoms with van der Waals surface area (Å²) >= 11 is 3.10. The molecule has 114 valence electrons. The monoisotopic (exact) mass is 395 g/mol. The summed E-state index contributed by atoms with van der Waals surface area (Å²) in [5.41, 5.74) is -0.254. The summed E-state index contributed by atoms with van der Waals surface area (Å²) in [6.07, 6.45) is 2.96. The standard InChI is InChI=1S/C13H12BrClFNO3S/c14-8-4-10(12(16)11(5-8)21(15,19)20)13(18)17-6-7-1-2-9(17)3-7/h4-5,7,9H,1-3,6H2. The molecule has 2 bridgehead atoms. The first-order valence-electron chi connectivity index (χ1n) is 6.52. The zero-order chi connectivity index (χ0) is 15.4. The van der Waals surface area contributed by atoms with Gasteiger partial charge >= 0.3 is 0 Å². The van der Waals surface area contributed by atoms with E-state index in [2.05, 4.69) is 15.9 Å². The average molecular weight is 397 g/mol. The third kappa shape index (κ3) is 2.71. The Morgan fingerprint density at radius 1 is 1.38 bits per heavy atom. The summed E-state index contributed by atoms with van der Waals surface area (Å²) in [6, 6.07) is 2.50. The number of rotatable bonds is 2. The van der Waals surface area contributed by atoms with Crippen molar-refractivity contribution < 1.29 is 17.6 Å². The van der Waals surface area contributed by atoms with E-state index >= 15 is 0 Å². The van der Waals surface area contributed by atoms with Gasteiger partial charge in [-0.2, -0.15) is 0 Å². The quantitative estimate of drug-likeness (QED) is 0.722. The van der Waals surface area contributed by atoms with Crippen molar-refractivity contribution in [2.24, 2.45) is 5.92 Å². The van der Waals surface area contributed by atoms with Crippen LogP contribution in [0.1, 0.15) is 29.6 Å². The first kappa shape index (κ1) is 15.2. The van der Waals surface area contributed by atoms with Crippen LogP contribution in [0.5, 0.6) is 0 Å². The molecular weight excluding hydrogens is 385 g/mol. The number of nitrogens with zero attached hydrogens (tertiary/aromatic N) is 1. The van der Waals surface area contributed by atoms with Crippen molar-refractivity contribution in [2.75, 3.05) is 6.54 Å². The van der Waals surface area contributed by atoms with Gasteiger partial charge in [-0.05, 0) is 37.3 Å². The van der Waals surface area contributed by atoms with E-state index < -0.39 is 25.7 Å². The Balaban J connectivity index is 2.03. The summed E-state index contributed by atoms with van der Waals surface area (Å²) < 4.78 is 37.5. The molecule has 0 aromatic heterocycles. The van der Waals surface area contributed by atoms with Crippen LogP contribution in [0.15, 0.2) is 21.5 Å². The first-order valence-corrected chi connectivity index (χ1v) is 9.62. The molecule has 2 atom stereocenters. The van der Waals surface area contributed by atoms with Crippen LogP contribution in [0.3, 0.4) is 0 Å². The van der Waals surface area contributed by atoms with E-state index in [0.717, 1.165) is 25.3 Å². The Morgan fingerprint density at radius 2 is 2.10 bits per heavy atom. The van der Waals surface area contributed by atoms with E-state index in [4.69, 9.17) is 10.7 Å². The number of halogens is 3. The van der Waals surface area contributed by atoms with Crippen molar-refractivity contribution in [3.05, 3.63) is 28.0 Å². The number of piperidine rings is 1. The van der Waals surface area contributed by atoms with Crippen LogP contribution in [0.4, 0.5) is 4.39 Å². The molecule has 1 saturated carbocycles. The summed E-state index contributed by atoms with van der Waals surface area (Å²) in [5.74, 6) is -1.08. The predicted octanol–water partition coefficient (Wildman–Crippen LogP) is 3.14. The number of fused-ring (bicyclic) bond motifs is 2. The lowest BCUT2D eigenvalue weighted by Gasteiger charge is -2.27. The third-order valence-electron chi connectivity index (χ3n) is 4.17. The van der Waals surface area contributed by atoms with Crippen LogP contribution in [0, 0.1) is 11.7 Å². The molecule has 1 aliphatic heterocycles. The van der Waals surface area contributed by atoms with Gasteiger partial charge in [-0.1, -0.05) is 15.9 Å². The first-order chi connectivity index (χ1) is 9.77. The molecule has 1 heterocycles. The Morgan fingerprint density at radius 3 is 2.62 bits per heavy atom. The van der Waals surface area contributed by atoms with Gasteiger partial charge in [0.05, 0.1) is 5.56 Å². The fourth-order valence-electron chi connectivity index (χ4n) is 3.23. The van der Waals surface area contributed by atoms with Gasteiger partial charge in [-0.25, -0.2) is 12.8 Å². The molecule has 2 unspecified atom stereocenters. The second-order valence-corrected chi connectivity index (χ2v) is 8.94. The molecule has 1 amide bonds. The fraction of sp³-hybridized carbons (Fsp3) is 0.462. The molecule has 4 nitrogen and oxygen atoms in total. The summed E-state index contributed by atoms with van der Waals surface area (Å²) in [5, 5.41) is 0. The molecule has 8 heteroatoms. The van der Waals surface area contributed by atoms with Gasteiger partial charge in [0.25, 0.3) is 15.0 Å². The van der Waals surface area contributed by atoms with Crippen LogP contribution in [0.25, 0.3) is 0 Å². The molecule has 3 rings (SSSR count). The maximum atomic E-state index is 14.4. The number of carbonyl (C=O) groups excluding carboxylic acids is 1. The zero-order valence-corrected chi connectivity index (χ0v) is 14.0. The maximum Gasteiger partial charge on any atom is 0.264 e. The van der Waals surface area contributed by atoms with Crippen molar-refractivity contribution in [3.63, 3.8) is 0 Å². The summed E-state index contributed by atoms with van der Waals surface area (Å²) in [4.78, 5) is 13.5. The number of hydrogen-bond acceptors (Lipinski definition) is 3. The highest BCUT2D eigenvalue weighted by Crippen LogP contribution is 2.39. The van der Waals surface area contributed by atoms with Gasteiger partial charge in [0, 0.05) is 27.7 Å². The molecule has 1 aromatic carbocycles. The highest BCUT2D eigenvalue weighted by atomic mass is 79.9. The lowest BCUT2D eigenvalue weighted by atomic mass is 10.1. The van der Waals surface area contributed by atoms with Crippen molar-refractivity contribution in [1.82, 2.24) is 4.90 Å². The van der Waals surface area contributed by atoms with E-state index in [1.165, 1.54) is 6.07 Å². The lowest BCUT2D eigenvalue weighted by Crippen LogP contribution is -2.38. The minimum atomic E-state index is -4.25. The normalized spacial score (nSPS) is 24.6. The van der Waals surface area contributed by atoms with Crippen LogP contribution >= 0.6 is 26.6 Å². The van der Waals surface area contributed by atoms with Gasteiger partial charge in [-0.15, -0.1) is 0 Å². The Bertz CT molecular complexity index is 724. The van der Waals surface area contributed by atoms with Crippen LogP contribution < -0.4 is 0 Å². The van der Waals surface area contributed by atoms with E-state index in [1.54, 1.807) is 4.90 Å². The topological polar surface area (TPSA) is 54.5 Å². The van der Waals surface area contributed by atoms with E-state index in [0.29, 0.717) is 16.9 Å². The van der Waals surface area contributed by atoms with Crippen molar-refractivity contribution >= 4 is 41.6 Å². The molecule has 21 heavy (non-hydrogen) atoms. The number of benzene rings is 1. The van der Waals surface area contributed by atoms with Crippen molar-refractivity contribution in [3.8, 4) is 0 Å². The van der Waals surface area contributed by atoms with Crippen molar-refractivity contribution in [2.45, 2.75) is 30.2 Å². The molecule has 0 radical (unpaired) electrons. The molecule has 2 aliphatic rings. The van der Waals surface area contributed by atoms with Crippen molar-refractivity contribution in [1.29, 1.82) is 0 Å². The van der Waals surface area contributed by atoms with Gasteiger partial charge in [-0.3, -0.25) is 4.79 Å². The molecular formula is C13H12BrClFNO3S. The van der Waals surface area contributed by atoms with E-state index in [1.807, 2.05) is 0 Å². The van der Waals surface area contributed by atoms with Gasteiger partial charge in [0.2, 0.25) is 0 Å². The van der Waals surface area contributed by atoms with Gasteiger partial charge in [0.15, 0.2) is 5.82 Å². The average Bonchev–Trinajstić information content (AvgIpc) is 3.01. The minimum absolute atomic E-state index is 0.136. The van der Waals surface area contributed by atoms with Crippen LogP contribution in [-0.4, -0.2) is 31.8 Å². The van der Waals surface area contributed by atoms with E-state index in [-0.39, 0.29) is 11.6 Å². The Hall–Kier alpha value is -0.660. The summed E-state index contributed by atoms with van der Waals surface area (Å²) in [7, 11) is 0.972. The largest absolute Gasteiger partial charge is 0.335 e. The highest BCUT2D eigenvalue weighted by Gasteiger charge is 2.41.